The van der Waals surface area contributed by atoms with E-state index in [1.165, 1.54) is 24.3 Å². The molecule has 9 heteroatoms. The van der Waals surface area contributed by atoms with E-state index in [2.05, 4.69) is 14.6 Å². The summed E-state index contributed by atoms with van der Waals surface area (Å²) in [6.07, 6.45) is -2.61. The molecule has 5 rings (SSSR count). The van der Waals surface area contributed by atoms with Gasteiger partial charge in [-0.15, -0.1) is 13.2 Å². The van der Waals surface area contributed by atoms with Crippen LogP contribution in [0, 0.1) is 0 Å². The highest BCUT2D eigenvalue weighted by Crippen LogP contribution is 2.37. The molecule has 1 fully saturated rings. The van der Waals surface area contributed by atoms with Crippen LogP contribution >= 0.6 is 0 Å². The summed E-state index contributed by atoms with van der Waals surface area (Å²) in [6.45, 7) is 1.30. The summed E-state index contributed by atoms with van der Waals surface area (Å²) in [5.74, 6) is 0.222. The summed E-state index contributed by atoms with van der Waals surface area (Å²) >= 11 is 0. The second kappa shape index (κ2) is 8.98. The first-order valence-corrected chi connectivity index (χ1v) is 10.9. The van der Waals surface area contributed by atoms with Crippen LogP contribution in [0.5, 0.6) is 11.5 Å². The predicted molar refractivity (Wildman–Crippen MR) is 118 cm³/mol. The zero-order valence-corrected chi connectivity index (χ0v) is 18.1. The molecule has 3 heterocycles. The first-order valence-electron chi connectivity index (χ1n) is 10.9. The highest BCUT2D eigenvalue weighted by Gasteiger charge is 2.43. The Morgan fingerprint density at radius 2 is 1.76 bits per heavy atom. The zero-order chi connectivity index (χ0) is 23.7. The van der Waals surface area contributed by atoms with Gasteiger partial charge < -0.3 is 14.4 Å². The molecule has 0 aliphatic carbocycles. The van der Waals surface area contributed by atoms with Gasteiger partial charge in [-0.25, -0.2) is 0 Å². The monoisotopic (exact) mass is 469 g/mol. The number of para-hydroxylation sites is 2. The topological polar surface area (TPSA) is 54.9 Å². The number of hydrogen-bond acceptors (Lipinski definition) is 5. The number of carbonyl (C=O) groups excluding carboxylic acids is 1. The maximum Gasteiger partial charge on any atom is 0.573 e. The minimum Gasteiger partial charge on any atom is -0.487 e. The predicted octanol–water partition coefficient (Wildman–Crippen LogP) is 4.55. The number of benzene rings is 2. The van der Waals surface area contributed by atoms with Gasteiger partial charge >= 0.3 is 6.36 Å². The molecule has 0 N–H and O–H groups in total. The number of halogens is 3. The molecule has 2 unspecified atom stereocenters. The molecule has 0 saturated carbocycles. The van der Waals surface area contributed by atoms with Crippen molar-refractivity contribution in [1.29, 1.82) is 0 Å². The first-order chi connectivity index (χ1) is 16.4. The van der Waals surface area contributed by atoms with Gasteiger partial charge in [0.1, 0.15) is 17.6 Å². The standard InChI is InChI=1S/C25H22F3N3O3/c26-25(27,28)34-19-10-8-17(9-11-19)14-31-21-6-1-2-7-23(21)33-20-13-22(24(31)32)30(16-20)15-18-5-3-4-12-29-18/h1-12,20,22H,13-16H2. The Hall–Kier alpha value is -3.59. The number of nitrogens with zero attached hydrogens (tertiary/aromatic N) is 3. The van der Waals surface area contributed by atoms with Crippen LogP contribution in [0.4, 0.5) is 18.9 Å². The molecular formula is C25H22F3N3O3. The third-order valence-electron chi connectivity index (χ3n) is 5.95. The molecule has 34 heavy (non-hydrogen) atoms. The molecule has 1 aromatic heterocycles. The molecule has 1 saturated heterocycles. The van der Waals surface area contributed by atoms with Crippen molar-refractivity contribution < 1.29 is 27.4 Å². The van der Waals surface area contributed by atoms with Gasteiger partial charge in [-0.05, 0) is 42.0 Å². The lowest BCUT2D eigenvalue weighted by molar-refractivity contribution is -0.274. The van der Waals surface area contributed by atoms with Crippen molar-refractivity contribution in [2.75, 3.05) is 11.4 Å². The number of hydrogen-bond donors (Lipinski definition) is 0. The maximum atomic E-state index is 13.8. The van der Waals surface area contributed by atoms with Gasteiger partial charge in [0.05, 0.1) is 24.0 Å². The SMILES string of the molecule is O=C1C2CC(CN2Cc2ccccn2)Oc2ccccc2N1Cc1ccc(OC(F)(F)F)cc1. The lowest BCUT2D eigenvalue weighted by Gasteiger charge is -2.32. The van der Waals surface area contributed by atoms with Gasteiger partial charge in [0.15, 0.2) is 0 Å². The van der Waals surface area contributed by atoms with E-state index in [1.54, 1.807) is 11.1 Å². The Kier molecular flexibility index (Phi) is 5.87. The molecule has 2 aliphatic rings. The molecule has 1 amide bonds. The number of alkyl halides is 3. The van der Waals surface area contributed by atoms with Gasteiger partial charge in [-0.3, -0.25) is 14.7 Å². The van der Waals surface area contributed by atoms with Crippen molar-refractivity contribution >= 4 is 11.6 Å². The zero-order valence-electron chi connectivity index (χ0n) is 18.1. The van der Waals surface area contributed by atoms with Crippen molar-refractivity contribution in [3.63, 3.8) is 0 Å². The molecule has 176 valence electrons. The van der Waals surface area contributed by atoms with E-state index in [9.17, 15) is 18.0 Å². The number of carbonyl (C=O) groups is 1. The summed E-state index contributed by atoms with van der Waals surface area (Å²) in [7, 11) is 0. The van der Waals surface area contributed by atoms with Crippen LogP contribution in [-0.4, -0.2) is 40.8 Å². The van der Waals surface area contributed by atoms with E-state index in [-0.39, 0.29) is 24.3 Å². The van der Waals surface area contributed by atoms with Gasteiger partial charge in [0.2, 0.25) is 5.91 Å². The van der Waals surface area contributed by atoms with Crippen LogP contribution in [0.1, 0.15) is 17.7 Å². The van der Waals surface area contributed by atoms with Gasteiger partial charge in [-0.1, -0.05) is 30.3 Å². The van der Waals surface area contributed by atoms with E-state index >= 15 is 0 Å². The fourth-order valence-electron chi connectivity index (χ4n) is 4.48. The van der Waals surface area contributed by atoms with Crippen LogP contribution in [0.3, 0.4) is 0 Å². The Morgan fingerprint density at radius 1 is 1.00 bits per heavy atom. The van der Waals surface area contributed by atoms with Crippen molar-refractivity contribution in [3.05, 3.63) is 84.2 Å². The largest absolute Gasteiger partial charge is 0.573 e. The molecule has 0 spiro atoms. The smallest absolute Gasteiger partial charge is 0.487 e. The summed E-state index contributed by atoms with van der Waals surface area (Å²) < 4.78 is 47.7. The normalized spacial score (nSPS) is 20.3. The number of anilines is 1. The van der Waals surface area contributed by atoms with Crippen LogP contribution in [0.25, 0.3) is 0 Å². The average Bonchev–Trinajstić information content (AvgIpc) is 3.21. The number of likely N-dealkylation sites (tertiary alicyclic amines) is 1. The van der Waals surface area contributed by atoms with E-state index in [1.807, 2.05) is 42.5 Å². The highest BCUT2D eigenvalue weighted by atomic mass is 19.4. The van der Waals surface area contributed by atoms with E-state index in [4.69, 9.17) is 4.74 Å². The Balaban J connectivity index is 1.43. The summed E-state index contributed by atoms with van der Waals surface area (Å²) in [5, 5.41) is 0. The molecule has 0 radical (unpaired) electrons. The molecule has 2 bridgehead atoms. The third kappa shape index (κ3) is 4.84. The van der Waals surface area contributed by atoms with Crippen molar-refractivity contribution in [2.24, 2.45) is 0 Å². The third-order valence-corrected chi connectivity index (χ3v) is 5.95. The average molecular weight is 469 g/mol. The van der Waals surface area contributed by atoms with E-state index in [0.717, 1.165) is 5.69 Å². The Bertz CT molecular complexity index is 1160. The lowest BCUT2D eigenvalue weighted by Crippen LogP contribution is -2.45. The second-order valence-corrected chi connectivity index (χ2v) is 8.33. The van der Waals surface area contributed by atoms with Crippen LogP contribution < -0.4 is 14.4 Å². The maximum absolute atomic E-state index is 13.8. The van der Waals surface area contributed by atoms with Gasteiger partial charge in [0.25, 0.3) is 0 Å². The van der Waals surface area contributed by atoms with Crippen molar-refractivity contribution in [2.45, 2.75) is 38.0 Å². The Morgan fingerprint density at radius 3 is 2.50 bits per heavy atom. The Labute approximate surface area is 194 Å². The van der Waals surface area contributed by atoms with Gasteiger partial charge in [0, 0.05) is 25.7 Å². The molecule has 2 aromatic carbocycles. The number of aromatic nitrogens is 1. The number of ether oxygens (including phenoxy) is 2. The summed E-state index contributed by atoms with van der Waals surface area (Å²) in [6, 6.07) is 18.2. The van der Waals surface area contributed by atoms with Crippen molar-refractivity contribution in [3.8, 4) is 11.5 Å². The molecule has 6 nitrogen and oxygen atoms in total. The second-order valence-electron chi connectivity index (χ2n) is 8.33. The van der Waals surface area contributed by atoms with Gasteiger partial charge in [-0.2, -0.15) is 0 Å². The van der Waals surface area contributed by atoms with Crippen LogP contribution in [0.2, 0.25) is 0 Å². The van der Waals surface area contributed by atoms with E-state index in [0.29, 0.717) is 36.5 Å². The van der Waals surface area contributed by atoms with E-state index < -0.39 is 12.4 Å². The summed E-state index contributed by atoms with van der Waals surface area (Å²) in [4.78, 5) is 21.9. The first kappa shape index (κ1) is 22.2. The molecule has 2 aliphatic heterocycles. The number of amides is 1. The fourth-order valence-corrected chi connectivity index (χ4v) is 4.48. The number of rotatable bonds is 5. The lowest BCUT2D eigenvalue weighted by atomic mass is 10.1. The highest BCUT2D eigenvalue weighted by molar-refractivity contribution is 5.99. The minimum absolute atomic E-state index is 0.0789. The molecular weight excluding hydrogens is 447 g/mol. The fraction of sp³-hybridized carbons (Fsp3) is 0.280. The van der Waals surface area contributed by atoms with Crippen molar-refractivity contribution in [1.82, 2.24) is 9.88 Å². The number of pyridine rings is 1. The molecule has 2 atom stereocenters. The van der Waals surface area contributed by atoms with Crippen LogP contribution in [-0.2, 0) is 17.9 Å². The number of fused-ring (bicyclic) bond motifs is 3. The minimum atomic E-state index is -4.76. The summed E-state index contributed by atoms with van der Waals surface area (Å²) in [5.41, 5.74) is 2.17. The van der Waals surface area contributed by atoms with Crippen LogP contribution in [0.15, 0.2) is 72.9 Å². The quantitative estimate of drug-likeness (QED) is 0.549. The molecule has 3 aromatic rings.